The molecule has 1 fully saturated rings. The first-order valence-electron chi connectivity index (χ1n) is 4.83. The van der Waals surface area contributed by atoms with Crippen molar-refractivity contribution in [2.75, 3.05) is 0 Å². The smallest absolute Gasteiger partial charge is 0.0703 e. The van der Waals surface area contributed by atoms with Crippen molar-refractivity contribution in [1.29, 1.82) is 0 Å². The summed E-state index contributed by atoms with van der Waals surface area (Å²) in [5.74, 6) is 0.257. The van der Waals surface area contributed by atoms with E-state index in [1.165, 1.54) is 18.0 Å². The third-order valence-corrected chi connectivity index (χ3v) is 3.57. The molecule has 72 valence electrons. The molecule has 0 saturated heterocycles. The Kier molecular flexibility index (Phi) is 2.39. The van der Waals surface area contributed by atoms with E-state index in [1.54, 1.807) is 0 Å². The summed E-state index contributed by atoms with van der Waals surface area (Å²) in [6.07, 6.45) is 4.36. The van der Waals surface area contributed by atoms with Gasteiger partial charge in [0.15, 0.2) is 0 Å². The van der Waals surface area contributed by atoms with Gasteiger partial charge >= 0.3 is 0 Å². The van der Waals surface area contributed by atoms with Crippen LogP contribution in [0.2, 0.25) is 0 Å². The normalized spacial score (nSPS) is 34.8. The maximum absolute atomic E-state index is 10.2. The molecule has 0 radical (unpaired) electrons. The number of nitrogens with zero attached hydrogens (tertiary/aromatic N) is 1. The van der Waals surface area contributed by atoms with Gasteiger partial charge < -0.3 is 5.11 Å². The van der Waals surface area contributed by atoms with Crippen molar-refractivity contribution in [3.05, 3.63) is 17.1 Å². The molecule has 1 heterocycles. The Bertz CT molecular complexity index is 268. The average molecular weight is 197 g/mol. The van der Waals surface area contributed by atoms with Crippen LogP contribution in [0.4, 0.5) is 0 Å². The molecule has 13 heavy (non-hydrogen) atoms. The molecule has 1 aliphatic rings. The number of hydrogen-bond acceptors (Lipinski definition) is 3. The Morgan fingerprint density at radius 1 is 1.62 bits per heavy atom. The van der Waals surface area contributed by atoms with Gasteiger partial charge in [0.1, 0.15) is 0 Å². The highest BCUT2D eigenvalue weighted by molar-refractivity contribution is 7.03. The van der Waals surface area contributed by atoms with Gasteiger partial charge in [0.2, 0.25) is 0 Å². The molecule has 0 aliphatic heterocycles. The van der Waals surface area contributed by atoms with E-state index in [0.717, 1.165) is 25.0 Å². The Balaban J connectivity index is 2.21. The van der Waals surface area contributed by atoms with Crippen LogP contribution in [0.25, 0.3) is 0 Å². The molecule has 0 aromatic carbocycles. The summed E-state index contributed by atoms with van der Waals surface area (Å²) < 4.78 is 4.32. The minimum Gasteiger partial charge on any atom is -0.389 e. The van der Waals surface area contributed by atoms with E-state index >= 15 is 0 Å². The van der Waals surface area contributed by atoms with Gasteiger partial charge in [0.25, 0.3) is 0 Å². The fourth-order valence-corrected chi connectivity index (χ4v) is 2.76. The molecule has 2 atom stereocenters. The highest BCUT2D eigenvalue weighted by atomic mass is 32.1. The van der Waals surface area contributed by atoms with Crippen LogP contribution in [-0.4, -0.2) is 15.1 Å². The summed E-state index contributed by atoms with van der Waals surface area (Å²) in [5.41, 5.74) is 0.543. The summed E-state index contributed by atoms with van der Waals surface area (Å²) in [6.45, 7) is 1.94. The first-order valence-corrected chi connectivity index (χ1v) is 5.66. The fourth-order valence-electron chi connectivity index (χ4n) is 2.18. The van der Waals surface area contributed by atoms with Crippen molar-refractivity contribution in [2.24, 2.45) is 0 Å². The van der Waals surface area contributed by atoms with Gasteiger partial charge in [0.05, 0.1) is 11.3 Å². The molecular weight excluding hydrogens is 182 g/mol. The standard InChI is InChI=1S/C10H15NOS/c1-10(12)6-3-2-4-8(10)9-5-7-13-11-9/h5,7-8,12H,2-4,6H2,1H3. The fraction of sp³-hybridized carbons (Fsp3) is 0.700. The van der Waals surface area contributed by atoms with Crippen LogP contribution in [0.3, 0.4) is 0 Å². The van der Waals surface area contributed by atoms with Gasteiger partial charge in [-0.2, -0.15) is 4.37 Å². The monoisotopic (exact) mass is 197 g/mol. The van der Waals surface area contributed by atoms with Crippen molar-refractivity contribution in [3.63, 3.8) is 0 Å². The molecular formula is C10H15NOS. The summed E-state index contributed by atoms with van der Waals surface area (Å²) in [7, 11) is 0. The molecule has 0 spiro atoms. The first-order chi connectivity index (χ1) is 6.20. The molecule has 0 amide bonds. The summed E-state index contributed by atoms with van der Waals surface area (Å²) in [6, 6.07) is 2.04. The Labute approximate surface area is 82.8 Å². The lowest BCUT2D eigenvalue weighted by Crippen LogP contribution is -2.35. The molecule has 3 heteroatoms. The predicted molar refractivity (Wildman–Crippen MR) is 53.9 cm³/mol. The predicted octanol–water partition coefficient (Wildman–Crippen LogP) is 2.55. The van der Waals surface area contributed by atoms with Crippen LogP contribution in [0, 0.1) is 0 Å². The maximum atomic E-state index is 10.2. The van der Waals surface area contributed by atoms with Gasteiger partial charge in [-0.15, -0.1) is 0 Å². The van der Waals surface area contributed by atoms with E-state index in [4.69, 9.17) is 0 Å². The Morgan fingerprint density at radius 2 is 2.46 bits per heavy atom. The topological polar surface area (TPSA) is 33.1 Å². The number of aromatic nitrogens is 1. The Morgan fingerprint density at radius 3 is 3.08 bits per heavy atom. The van der Waals surface area contributed by atoms with E-state index < -0.39 is 5.60 Å². The van der Waals surface area contributed by atoms with Crippen LogP contribution in [-0.2, 0) is 0 Å². The largest absolute Gasteiger partial charge is 0.389 e. The zero-order valence-electron chi connectivity index (χ0n) is 7.86. The molecule has 1 N–H and O–H groups in total. The highest BCUT2D eigenvalue weighted by Gasteiger charge is 2.36. The van der Waals surface area contributed by atoms with E-state index in [1.807, 2.05) is 18.4 Å². The van der Waals surface area contributed by atoms with Crippen LogP contribution in [0.1, 0.15) is 44.2 Å². The highest BCUT2D eigenvalue weighted by Crippen LogP contribution is 2.40. The van der Waals surface area contributed by atoms with Crippen molar-refractivity contribution in [1.82, 2.24) is 4.37 Å². The quantitative estimate of drug-likeness (QED) is 0.750. The van der Waals surface area contributed by atoms with Gasteiger partial charge in [0, 0.05) is 11.3 Å². The molecule has 0 bridgehead atoms. The summed E-state index contributed by atoms with van der Waals surface area (Å²) in [5, 5.41) is 12.2. The van der Waals surface area contributed by atoms with Crippen LogP contribution >= 0.6 is 11.5 Å². The zero-order chi connectivity index (χ0) is 9.31. The van der Waals surface area contributed by atoms with Crippen molar-refractivity contribution in [2.45, 2.75) is 44.1 Å². The SMILES string of the molecule is CC1(O)CCCCC1c1ccsn1. The van der Waals surface area contributed by atoms with E-state index in [9.17, 15) is 5.11 Å². The van der Waals surface area contributed by atoms with Crippen molar-refractivity contribution < 1.29 is 5.11 Å². The molecule has 1 aromatic rings. The minimum atomic E-state index is -0.535. The third kappa shape index (κ3) is 1.76. The zero-order valence-corrected chi connectivity index (χ0v) is 8.68. The lowest BCUT2D eigenvalue weighted by molar-refractivity contribution is -0.000368. The minimum absolute atomic E-state index is 0.257. The lowest BCUT2D eigenvalue weighted by Gasteiger charge is -2.36. The van der Waals surface area contributed by atoms with Gasteiger partial charge in [-0.3, -0.25) is 0 Å². The molecule has 2 rings (SSSR count). The van der Waals surface area contributed by atoms with Crippen LogP contribution in [0.15, 0.2) is 11.4 Å². The number of rotatable bonds is 1. The van der Waals surface area contributed by atoms with Crippen molar-refractivity contribution >= 4 is 11.5 Å². The van der Waals surface area contributed by atoms with E-state index in [0.29, 0.717) is 0 Å². The van der Waals surface area contributed by atoms with Gasteiger partial charge in [-0.25, -0.2) is 0 Å². The Hall–Kier alpha value is -0.410. The second-order valence-corrected chi connectivity index (χ2v) is 4.75. The molecule has 1 aromatic heterocycles. The number of aliphatic hydroxyl groups is 1. The lowest BCUT2D eigenvalue weighted by atomic mass is 9.75. The molecule has 2 nitrogen and oxygen atoms in total. The second-order valence-electron chi connectivity index (χ2n) is 4.08. The summed E-state index contributed by atoms with van der Waals surface area (Å²) >= 11 is 1.47. The number of hydrogen-bond donors (Lipinski definition) is 1. The molecule has 1 saturated carbocycles. The summed E-state index contributed by atoms with van der Waals surface area (Å²) in [4.78, 5) is 0. The third-order valence-electron chi connectivity index (χ3n) is 2.99. The van der Waals surface area contributed by atoms with Crippen molar-refractivity contribution in [3.8, 4) is 0 Å². The first kappa shape index (κ1) is 9.16. The second kappa shape index (κ2) is 3.39. The maximum Gasteiger partial charge on any atom is 0.0703 e. The van der Waals surface area contributed by atoms with Crippen LogP contribution in [0.5, 0.6) is 0 Å². The molecule has 1 aliphatic carbocycles. The van der Waals surface area contributed by atoms with Gasteiger partial charge in [-0.1, -0.05) is 12.8 Å². The average Bonchev–Trinajstić information content (AvgIpc) is 2.55. The van der Waals surface area contributed by atoms with E-state index in [-0.39, 0.29) is 5.92 Å². The molecule has 2 unspecified atom stereocenters. The van der Waals surface area contributed by atoms with Gasteiger partial charge in [-0.05, 0) is 37.4 Å². The van der Waals surface area contributed by atoms with E-state index in [2.05, 4.69) is 4.37 Å². The van der Waals surface area contributed by atoms with Crippen LogP contribution < -0.4 is 0 Å².